The molecular weight excluding hydrogens is 382 g/mol. The number of carbonyl (C=O) groups excluding carboxylic acids is 1. The molecule has 3 aromatic rings. The minimum absolute atomic E-state index is 0.00414. The lowest BCUT2D eigenvalue weighted by atomic mass is 10.1. The number of amides is 1. The Labute approximate surface area is 175 Å². The number of aromatic nitrogens is 1. The van der Waals surface area contributed by atoms with Crippen molar-refractivity contribution in [3.63, 3.8) is 0 Å². The Morgan fingerprint density at radius 2 is 1.93 bits per heavy atom. The molecule has 6 heteroatoms. The van der Waals surface area contributed by atoms with Gasteiger partial charge in [0.05, 0.1) is 0 Å². The van der Waals surface area contributed by atoms with Crippen molar-refractivity contribution >= 4 is 28.8 Å². The van der Waals surface area contributed by atoms with E-state index in [9.17, 15) is 4.79 Å². The first-order valence-electron chi connectivity index (χ1n) is 10.3. The second kappa shape index (κ2) is 9.46. The quantitative estimate of drug-likeness (QED) is 0.576. The molecule has 0 atom stereocenters. The highest BCUT2D eigenvalue weighted by atomic mass is 32.2. The molecule has 0 unspecified atom stereocenters. The van der Waals surface area contributed by atoms with Crippen LogP contribution in [0.25, 0.3) is 11.1 Å². The van der Waals surface area contributed by atoms with Crippen LogP contribution in [-0.2, 0) is 5.75 Å². The average Bonchev–Trinajstić information content (AvgIpc) is 3.15. The monoisotopic (exact) mass is 409 g/mol. The fraction of sp³-hybridized carbons (Fsp3) is 0.391. The summed E-state index contributed by atoms with van der Waals surface area (Å²) < 4.78 is 5.78. The number of hydrogen-bond acceptors (Lipinski definition) is 5. The van der Waals surface area contributed by atoms with Gasteiger partial charge in [-0.1, -0.05) is 36.4 Å². The molecule has 1 aliphatic heterocycles. The van der Waals surface area contributed by atoms with Crippen molar-refractivity contribution in [2.45, 2.75) is 37.2 Å². The first kappa shape index (κ1) is 20.0. The van der Waals surface area contributed by atoms with Gasteiger partial charge in [-0.25, -0.2) is 4.98 Å². The predicted molar refractivity (Wildman–Crippen MR) is 117 cm³/mol. The Morgan fingerprint density at radius 3 is 2.72 bits per heavy atom. The Hall–Kier alpha value is -2.31. The molecule has 2 aromatic carbocycles. The summed E-state index contributed by atoms with van der Waals surface area (Å²) in [6.45, 7) is 5.99. The van der Waals surface area contributed by atoms with Crippen LogP contribution in [0, 0.1) is 6.92 Å². The number of hydrogen-bond donors (Lipinski definition) is 1. The molecule has 1 saturated heterocycles. The third-order valence-electron chi connectivity index (χ3n) is 5.26. The molecule has 0 saturated carbocycles. The molecule has 1 aromatic heterocycles. The van der Waals surface area contributed by atoms with Crippen molar-refractivity contribution in [2.24, 2.45) is 0 Å². The van der Waals surface area contributed by atoms with E-state index in [1.54, 1.807) is 11.8 Å². The molecule has 152 valence electrons. The number of nitrogens with zero attached hydrogens (tertiary/aromatic N) is 2. The van der Waals surface area contributed by atoms with Gasteiger partial charge < -0.3 is 14.6 Å². The molecule has 0 aliphatic carbocycles. The van der Waals surface area contributed by atoms with Crippen molar-refractivity contribution in [3.05, 3.63) is 59.2 Å². The molecule has 0 radical (unpaired) electrons. The number of nitrogens with one attached hydrogen (secondary N) is 1. The third kappa shape index (κ3) is 5.40. The third-order valence-corrected chi connectivity index (χ3v) is 6.16. The topological polar surface area (TPSA) is 58.4 Å². The molecule has 1 aliphatic rings. The molecule has 1 fully saturated rings. The largest absolute Gasteiger partial charge is 0.431 e. The van der Waals surface area contributed by atoms with E-state index in [1.807, 2.05) is 49.4 Å². The van der Waals surface area contributed by atoms with E-state index in [2.05, 4.69) is 15.2 Å². The van der Waals surface area contributed by atoms with Gasteiger partial charge in [0.1, 0.15) is 5.52 Å². The number of likely N-dealkylation sites (tertiary alicyclic amines) is 1. The molecular formula is C23H27N3O2S. The van der Waals surface area contributed by atoms with Crippen LogP contribution >= 0.6 is 11.8 Å². The fourth-order valence-corrected chi connectivity index (χ4v) is 4.38. The van der Waals surface area contributed by atoms with Crippen LogP contribution in [0.4, 0.5) is 0 Å². The van der Waals surface area contributed by atoms with Gasteiger partial charge in [-0.3, -0.25) is 4.79 Å². The number of benzene rings is 2. The number of carbonyl (C=O) groups is 1. The van der Waals surface area contributed by atoms with Gasteiger partial charge in [0, 0.05) is 24.4 Å². The minimum atomic E-state index is -0.00414. The summed E-state index contributed by atoms with van der Waals surface area (Å²) >= 11 is 1.57. The second-order valence-electron chi connectivity index (χ2n) is 7.59. The van der Waals surface area contributed by atoms with E-state index < -0.39 is 0 Å². The van der Waals surface area contributed by atoms with Crippen LogP contribution in [-0.4, -0.2) is 42.0 Å². The molecule has 1 N–H and O–H groups in total. The fourth-order valence-electron chi connectivity index (χ4n) is 3.59. The maximum Gasteiger partial charge on any atom is 0.257 e. The molecule has 29 heavy (non-hydrogen) atoms. The maximum atomic E-state index is 12.3. The van der Waals surface area contributed by atoms with Gasteiger partial charge >= 0.3 is 0 Å². The van der Waals surface area contributed by atoms with Crippen molar-refractivity contribution < 1.29 is 9.21 Å². The van der Waals surface area contributed by atoms with Gasteiger partial charge in [0.15, 0.2) is 5.58 Å². The highest BCUT2D eigenvalue weighted by molar-refractivity contribution is 7.98. The summed E-state index contributed by atoms with van der Waals surface area (Å²) in [6.07, 6.45) is 3.88. The molecule has 0 bridgehead atoms. The van der Waals surface area contributed by atoms with Crippen molar-refractivity contribution in [3.8, 4) is 0 Å². The summed E-state index contributed by atoms with van der Waals surface area (Å²) in [7, 11) is 0. The Kier molecular flexibility index (Phi) is 6.52. The summed E-state index contributed by atoms with van der Waals surface area (Å²) in [6, 6.07) is 13.8. The van der Waals surface area contributed by atoms with Crippen molar-refractivity contribution in [1.82, 2.24) is 15.2 Å². The van der Waals surface area contributed by atoms with Gasteiger partial charge in [-0.05, 0) is 68.2 Å². The normalized spacial score (nSPS) is 14.9. The van der Waals surface area contributed by atoms with Crippen LogP contribution in [0.3, 0.4) is 0 Å². The Bertz CT molecular complexity index is 962. The van der Waals surface area contributed by atoms with Gasteiger partial charge in [0.2, 0.25) is 0 Å². The number of thioether (sulfide) groups is 1. The second-order valence-corrected chi connectivity index (χ2v) is 8.52. The zero-order chi connectivity index (χ0) is 20.1. The Balaban J connectivity index is 1.26. The number of fused-ring (bicyclic) bond motifs is 1. The van der Waals surface area contributed by atoms with E-state index >= 15 is 0 Å². The Morgan fingerprint density at radius 1 is 1.14 bits per heavy atom. The van der Waals surface area contributed by atoms with Crippen LogP contribution in [0.2, 0.25) is 0 Å². The van der Waals surface area contributed by atoms with Crippen molar-refractivity contribution in [1.29, 1.82) is 0 Å². The van der Waals surface area contributed by atoms with Gasteiger partial charge in [-0.2, -0.15) is 0 Å². The van der Waals surface area contributed by atoms with E-state index in [1.165, 1.54) is 24.8 Å². The maximum absolute atomic E-state index is 12.3. The minimum Gasteiger partial charge on any atom is -0.431 e. The van der Waals surface area contributed by atoms with E-state index in [-0.39, 0.29) is 5.91 Å². The van der Waals surface area contributed by atoms with Crippen molar-refractivity contribution in [2.75, 3.05) is 26.2 Å². The van der Waals surface area contributed by atoms with Crippen LogP contribution in [0.1, 0.15) is 40.7 Å². The lowest BCUT2D eigenvalue weighted by Gasteiger charge is -2.26. The summed E-state index contributed by atoms with van der Waals surface area (Å²) in [4.78, 5) is 19.3. The van der Waals surface area contributed by atoms with E-state index in [0.717, 1.165) is 42.1 Å². The van der Waals surface area contributed by atoms with Crippen LogP contribution in [0.15, 0.2) is 52.1 Å². The highest BCUT2D eigenvalue weighted by Crippen LogP contribution is 2.26. The first-order chi connectivity index (χ1) is 14.2. The lowest BCUT2D eigenvalue weighted by molar-refractivity contribution is 0.0946. The molecule has 4 rings (SSSR count). The van der Waals surface area contributed by atoms with Crippen LogP contribution < -0.4 is 5.32 Å². The number of rotatable bonds is 7. The lowest BCUT2D eigenvalue weighted by Crippen LogP contribution is -2.37. The van der Waals surface area contributed by atoms with Crippen LogP contribution in [0.5, 0.6) is 0 Å². The summed E-state index contributed by atoms with van der Waals surface area (Å²) in [5.74, 6) is 0.749. The molecule has 0 spiro atoms. The zero-order valence-corrected chi connectivity index (χ0v) is 17.6. The molecule has 5 nitrogen and oxygen atoms in total. The first-order valence-corrected chi connectivity index (χ1v) is 11.3. The smallest absolute Gasteiger partial charge is 0.257 e. The van der Waals surface area contributed by atoms with E-state index in [4.69, 9.17) is 4.42 Å². The number of aryl methyl sites for hydroxylation is 1. The standard InChI is InChI=1S/C23H27N3O2S/c1-17-5-10-21-20(15-17)25-23(28-21)29-16-18-6-8-19(9-7-18)22(27)24-11-14-26-12-3-2-4-13-26/h5-10,15H,2-4,11-14,16H2,1H3,(H,24,27). The van der Waals surface area contributed by atoms with Gasteiger partial charge in [-0.15, -0.1) is 0 Å². The SMILES string of the molecule is Cc1ccc2oc(SCc3ccc(C(=O)NCCN4CCCCC4)cc3)nc2c1. The van der Waals surface area contributed by atoms with E-state index in [0.29, 0.717) is 17.3 Å². The summed E-state index contributed by atoms with van der Waals surface area (Å²) in [5, 5.41) is 3.70. The summed E-state index contributed by atoms with van der Waals surface area (Å²) in [5.41, 5.74) is 4.72. The number of piperidine rings is 1. The van der Waals surface area contributed by atoms with Gasteiger partial charge in [0.25, 0.3) is 11.1 Å². The molecule has 1 amide bonds. The average molecular weight is 410 g/mol. The predicted octanol–water partition coefficient (Wildman–Crippen LogP) is 4.64. The zero-order valence-electron chi connectivity index (χ0n) is 16.8. The highest BCUT2D eigenvalue weighted by Gasteiger charge is 2.11. The molecule has 2 heterocycles. The number of oxazole rings is 1.